The molecule has 0 aromatic heterocycles. The quantitative estimate of drug-likeness (QED) is 0.582. The smallest absolute Gasteiger partial charge is 0.376 e. The fraction of sp³-hybridized carbons (Fsp3) is 0.278. The summed E-state index contributed by atoms with van der Waals surface area (Å²) in [4.78, 5) is 12.1. The molecule has 2 aromatic rings. The van der Waals surface area contributed by atoms with Gasteiger partial charge in [0.1, 0.15) is 5.82 Å². The zero-order valence-corrected chi connectivity index (χ0v) is 15.6. The predicted octanol–water partition coefficient (Wildman–Crippen LogP) is 5.15. The van der Waals surface area contributed by atoms with Crippen molar-refractivity contribution in [2.45, 2.75) is 31.2 Å². The zero-order chi connectivity index (χ0) is 20.7. The second-order valence-corrected chi connectivity index (χ2v) is 7.15. The monoisotopic (exact) mass is 436 g/mol. The molecular weight excluding hydrogens is 423 g/mol. The largest absolute Gasteiger partial charge is 0.421 e. The molecule has 0 fully saturated rings. The van der Waals surface area contributed by atoms with Crippen molar-refractivity contribution in [3.63, 3.8) is 0 Å². The van der Waals surface area contributed by atoms with Crippen LogP contribution in [-0.4, -0.2) is 17.3 Å². The molecule has 1 unspecified atom stereocenters. The van der Waals surface area contributed by atoms with Crippen LogP contribution in [0, 0.1) is 5.82 Å². The fourth-order valence-corrected chi connectivity index (χ4v) is 3.71. The Morgan fingerprint density at radius 3 is 2.46 bits per heavy atom. The van der Waals surface area contributed by atoms with Gasteiger partial charge in [-0.15, -0.1) is 0 Å². The number of anilines is 1. The second-order valence-electron chi connectivity index (χ2n) is 6.37. The Labute approximate surface area is 167 Å². The first-order valence-corrected chi connectivity index (χ1v) is 8.88. The number of nitrogens with one attached hydrogen (secondary N) is 2. The summed E-state index contributed by atoms with van der Waals surface area (Å²) < 4.78 is 52.6. The van der Waals surface area contributed by atoms with Crippen LogP contribution in [0.2, 0.25) is 10.0 Å². The molecule has 2 aromatic carbocycles. The number of hydrogen-bond acceptors (Lipinski definition) is 2. The van der Waals surface area contributed by atoms with E-state index in [2.05, 4.69) is 10.6 Å². The number of fused-ring (bicyclic) bond motifs is 1. The molecule has 0 aliphatic heterocycles. The predicted molar refractivity (Wildman–Crippen MR) is 97.0 cm³/mol. The summed E-state index contributed by atoms with van der Waals surface area (Å²) in [6.07, 6.45) is -5.58. The van der Waals surface area contributed by atoms with E-state index in [9.17, 15) is 27.5 Å². The maximum Gasteiger partial charge on any atom is 0.421 e. The summed E-state index contributed by atoms with van der Waals surface area (Å²) in [6.45, 7) is 0.0834. The number of halogens is 6. The van der Waals surface area contributed by atoms with Crippen LogP contribution in [-0.2, 0) is 18.6 Å². The van der Waals surface area contributed by atoms with Gasteiger partial charge >= 0.3 is 12.2 Å². The lowest BCUT2D eigenvalue weighted by atomic mass is 9.95. The lowest BCUT2D eigenvalue weighted by Crippen LogP contribution is -2.40. The highest BCUT2D eigenvalue weighted by Crippen LogP contribution is 2.52. The Morgan fingerprint density at radius 1 is 1.21 bits per heavy atom. The molecule has 4 nitrogen and oxygen atoms in total. The van der Waals surface area contributed by atoms with Gasteiger partial charge in [0.05, 0.1) is 15.7 Å². The van der Waals surface area contributed by atoms with Gasteiger partial charge in [-0.3, -0.25) is 0 Å². The first-order chi connectivity index (χ1) is 13.0. The highest BCUT2D eigenvalue weighted by molar-refractivity contribution is 6.40. The highest BCUT2D eigenvalue weighted by Gasteiger charge is 2.58. The van der Waals surface area contributed by atoms with Crippen LogP contribution >= 0.6 is 23.2 Å². The van der Waals surface area contributed by atoms with Gasteiger partial charge in [-0.1, -0.05) is 35.3 Å². The summed E-state index contributed by atoms with van der Waals surface area (Å²) in [5.74, 6) is -0.413. The molecule has 28 heavy (non-hydrogen) atoms. The summed E-state index contributed by atoms with van der Waals surface area (Å²) in [7, 11) is 0. The molecule has 0 heterocycles. The summed E-state index contributed by atoms with van der Waals surface area (Å²) in [5.41, 5.74) is -2.77. The van der Waals surface area contributed by atoms with Gasteiger partial charge in [0.15, 0.2) is 5.60 Å². The highest BCUT2D eigenvalue weighted by atomic mass is 35.5. The minimum Gasteiger partial charge on any atom is -0.376 e. The van der Waals surface area contributed by atoms with E-state index in [4.69, 9.17) is 23.2 Å². The van der Waals surface area contributed by atoms with E-state index >= 15 is 0 Å². The molecule has 0 spiro atoms. The SMILES string of the molecule is O=C(NCc1ccc(F)cc1)Nc1c(Cl)cc2c(c1Cl)CCC2(O)C(F)(F)F. The van der Waals surface area contributed by atoms with Crippen LogP contribution in [0.1, 0.15) is 23.1 Å². The molecule has 1 atom stereocenters. The number of rotatable bonds is 3. The lowest BCUT2D eigenvalue weighted by molar-refractivity contribution is -0.265. The Hall–Kier alpha value is -2.03. The molecule has 0 bridgehead atoms. The van der Waals surface area contributed by atoms with Crippen molar-refractivity contribution in [1.29, 1.82) is 0 Å². The second kappa shape index (κ2) is 7.42. The Balaban J connectivity index is 1.78. The van der Waals surface area contributed by atoms with E-state index in [0.717, 1.165) is 6.07 Å². The number of amides is 2. The maximum atomic E-state index is 13.2. The first kappa shape index (κ1) is 20.7. The van der Waals surface area contributed by atoms with Crippen LogP contribution in [0.3, 0.4) is 0 Å². The molecule has 0 saturated heterocycles. The Bertz CT molecular complexity index is 919. The number of alkyl halides is 3. The number of benzene rings is 2. The minimum atomic E-state index is -4.88. The first-order valence-electron chi connectivity index (χ1n) is 8.12. The molecule has 1 aliphatic rings. The van der Waals surface area contributed by atoms with Crippen molar-refractivity contribution in [1.82, 2.24) is 5.32 Å². The maximum absolute atomic E-state index is 13.2. The lowest BCUT2D eigenvalue weighted by Gasteiger charge is -2.27. The minimum absolute atomic E-state index is 0.0508. The molecule has 0 radical (unpaired) electrons. The fourth-order valence-electron chi connectivity index (χ4n) is 3.07. The molecule has 2 amide bonds. The van der Waals surface area contributed by atoms with Crippen molar-refractivity contribution >= 4 is 34.9 Å². The van der Waals surface area contributed by atoms with Crippen LogP contribution in [0.5, 0.6) is 0 Å². The number of aliphatic hydroxyl groups is 1. The van der Waals surface area contributed by atoms with E-state index in [-0.39, 0.29) is 34.3 Å². The van der Waals surface area contributed by atoms with E-state index in [1.54, 1.807) is 0 Å². The number of hydrogen-bond donors (Lipinski definition) is 3. The van der Waals surface area contributed by atoms with Crippen LogP contribution in [0.4, 0.5) is 28.0 Å². The normalized spacial score (nSPS) is 18.7. The Kier molecular flexibility index (Phi) is 5.49. The standard InChI is InChI=1S/C18H14Cl2F4N2O2/c19-13-7-12-11(5-6-17(12,28)18(22,23)24)14(20)15(13)26-16(27)25-8-9-1-3-10(21)4-2-9/h1-4,7,28H,5-6,8H2,(H2,25,26,27). The van der Waals surface area contributed by atoms with Gasteiger partial charge in [-0.25, -0.2) is 9.18 Å². The van der Waals surface area contributed by atoms with Gasteiger partial charge in [-0.05, 0) is 47.7 Å². The average Bonchev–Trinajstić information content (AvgIpc) is 2.96. The molecule has 1 aliphatic carbocycles. The third-order valence-corrected chi connectivity index (χ3v) is 5.29. The van der Waals surface area contributed by atoms with Gasteiger partial charge in [0.25, 0.3) is 0 Å². The molecule has 0 saturated carbocycles. The summed E-state index contributed by atoms with van der Waals surface area (Å²) in [6, 6.07) is 5.73. The van der Waals surface area contributed by atoms with Crippen LogP contribution in [0.15, 0.2) is 30.3 Å². The molecule has 3 rings (SSSR count). The molecular formula is C18H14Cl2F4N2O2. The van der Waals surface area contributed by atoms with Gasteiger partial charge < -0.3 is 15.7 Å². The zero-order valence-electron chi connectivity index (χ0n) is 14.1. The molecule has 10 heteroatoms. The number of carbonyl (C=O) groups is 1. The summed E-state index contributed by atoms with van der Waals surface area (Å²) >= 11 is 12.2. The van der Waals surface area contributed by atoms with E-state index in [0.29, 0.717) is 5.56 Å². The van der Waals surface area contributed by atoms with Crippen molar-refractivity contribution in [3.05, 3.63) is 62.9 Å². The van der Waals surface area contributed by atoms with Crippen LogP contribution in [0.25, 0.3) is 0 Å². The van der Waals surface area contributed by atoms with Gasteiger partial charge in [0, 0.05) is 6.54 Å². The number of carbonyl (C=O) groups excluding carboxylic acids is 1. The van der Waals surface area contributed by atoms with Crippen molar-refractivity contribution in [3.8, 4) is 0 Å². The number of urea groups is 1. The van der Waals surface area contributed by atoms with Crippen LogP contribution < -0.4 is 10.6 Å². The van der Waals surface area contributed by atoms with Gasteiger partial charge in [-0.2, -0.15) is 13.2 Å². The average molecular weight is 437 g/mol. The molecule has 150 valence electrons. The van der Waals surface area contributed by atoms with E-state index < -0.39 is 35.6 Å². The summed E-state index contributed by atoms with van der Waals surface area (Å²) in [5, 5.41) is 14.6. The van der Waals surface area contributed by atoms with Crippen molar-refractivity contribution in [2.24, 2.45) is 0 Å². The van der Waals surface area contributed by atoms with Crippen molar-refractivity contribution < 1.29 is 27.5 Å². The third kappa shape index (κ3) is 3.76. The Morgan fingerprint density at radius 2 is 1.86 bits per heavy atom. The van der Waals surface area contributed by atoms with Gasteiger partial charge in [0.2, 0.25) is 0 Å². The van der Waals surface area contributed by atoms with E-state index in [1.807, 2.05) is 0 Å². The topological polar surface area (TPSA) is 61.4 Å². The van der Waals surface area contributed by atoms with Crippen molar-refractivity contribution in [2.75, 3.05) is 5.32 Å². The van der Waals surface area contributed by atoms with E-state index in [1.165, 1.54) is 24.3 Å². The molecule has 3 N–H and O–H groups in total. The third-order valence-electron chi connectivity index (χ3n) is 4.58.